The van der Waals surface area contributed by atoms with Crippen molar-refractivity contribution in [3.8, 4) is 0 Å². The molecule has 3 aromatic rings. The van der Waals surface area contributed by atoms with Crippen LogP contribution in [0.3, 0.4) is 0 Å². The molecule has 0 radical (unpaired) electrons. The predicted octanol–water partition coefficient (Wildman–Crippen LogP) is 1.99. The van der Waals surface area contributed by atoms with Gasteiger partial charge >= 0.3 is 0 Å². The van der Waals surface area contributed by atoms with Crippen LogP contribution in [-0.4, -0.2) is 25.9 Å². The Bertz CT molecular complexity index is 760. The highest BCUT2D eigenvalue weighted by Crippen LogP contribution is 2.26. The average molecular weight is 273 g/mol. The molecule has 0 unspecified atom stereocenters. The number of nitrogens with one attached hydrogen (secondary N) is 1. The molecule has 96 valence electrons. The van der Waals surface area contributed by atoms with E-state index in [0.29, 0.717) is 5.13 Å². The molecule has 7 heteroatoms. The molecule has 0 aliphatic heterocycles. The van der Waals surface area contributed by atoms with Crippen molar-refractivity contribution in [2.45, 2.75) is 6.92 Å². The fourth-order valence-electron chi connectivity index (χ4n) is 1.70. The van der Waals surface area contributed by atoms with Crippen molar-refractivity contribution in [1.29, 1.82) is 0 Å². The van der Waals surface area contributed by atoms with Crippen LogP contribution in [0.2, 0.25) is 0 Å². The number of carbonyl (C=O) groups is 1. The van der Waals surface area contributed by atoms with E-state index in [-0.39, 0.29) is 11.6 Å². The molecular formula is C12H11N5OS. The molecule has 0 atom stereocenters. The summed E-state index contributed by atoms with van der Waals surface area (Å²) in [6.45, 7) is 2.02. The van der Waals surface area contributed by atoms with Gasteiger partial charge in [0.1, 0.15) is 0 Å². The van der Waals surface area contributed by atoms with Crippen LogP contribution in [0.15, 0.2) is 24.4 Å². The van der Waals surface area contributed by atoms with Gasteiger partial charge < -0.3 is 0 Å². The summed E-state index contributed by atoms with van der Waals surface area (Å²) in [5.74, 6) is -0.302. The molecule has 0 spiro atoms. The number of aromatic nitrogens is 4. The maximum Gasteiger partial charge on any atom is 0.279 e. The van der Waals surface area contributed by atoms with E-state index in [1.54, 1.807) is 13.2 Å². The number of rotatable bonds is 2. The van der Waals surface area contributed by atoms with E-state index in [1.165, 1.54) is 21.6 Å². The number of benzene rings is 1. The normalized spacial score (nSPS) is 10.8. The lowest BCUT2D eigenvalue weighted by Gasteiger charge is -1.95. The Morgan fingerprint density at radius 2 is 2.26 bits per heavy atom. The highest BCUT2D eigenvalue weighted by molar-refractivity contribution is 7.22. The number of amides is 1. The summed E-state index contributed by atoms with van der Waals surface area (Å²) in [4.78, 5) is 16.3. The summed E-state index contributed by atoms with van der Waals surface area (Å²) in [5, 5.41) is 10.8. The smallest absolute Gasteiger partial charge is 0.279 e. The maximum atomic E-state index is 11.9. The van der Waals surface area contributed by atoms with Crippen LogP contribution >= 0.6 is 11.3 Å². The second kappa shape index (κ2) is 4.43. The molecule has 1 amide bonds. The van der Waals surface area contributed by atoms with Gasteiger partial charge in [-0.1, -0.05) is 22.6 Å². The zero-order valence-corrected chi connectivity index (χ0v) is 11.2. The van der Waals surface area contributed by atoms with Crippen molar-refractivity contribution < 1.29 is 4.79 Å². The van der Waals surface area contributed by atoms with Crippen molar-refractivity contribution in [3.63, 3.8) is 0 Å². The van der Waals surface area contributed by atoms with Gasteiger partial charge in [-0.25, -0.2) is 4.98 Å². The molecule has 0 aliphatic rings. The van der Waals surface area contributed by atoms with Gasteiger partial charge in [0, 0.05) is 7.05 Å². The minimum atomic E-state index is -0.302. The van der Waals surface area contributed by atoms with E-state index in [0.717, 1.165) is 10.2 Å². The first kappa shape index (κ1) is 11.8. The third-order valence-electron chi connectivity index (χ3n) is 2.60. The topological polar surface area (TPSA) is 72.7 Å². The number of nitrogens with zero attached hydrogens (tertiary/aromatic N) is 4. The van der Waals surface area contributed by atoms with Crippen LogP contribution in [0.1, 0.15) is 16.1 Å². The largest absolute Gasteiger partial charge is 0.296 e. The lowest BCUT2D eigenvalue weighted by molar-refractivity contribution is 0.102. The molecule has 1 aromatic carbocycles. The van der Waals surface area contributed by atoms with E-state index < -0.39 is 0 Å². The Morgan fingerprint density at radius 1 is 1.42 bits per heavy atom. The van der Waals surface area contributed by atoms with Gasteiger partial charge in [0.2, 0.25) is 0 Å². The van der Waals surface area contributed by atoms with E-state index >= 15 is 0 Å². The van der Waals surface area contributed by atoms with Crippen LogP contribution in [-0.2, 0) is 7.05 Å². The van der Waals surface area contributed by atoms with Crippen molar-refractivity contribution in [2.75, 3.05) is 5.32 Å². The molecule has 2 heterocycles. The molecule has 0 fully saturated rings. The molecule has 19 heavy (non-hydrogen) atoms. The second-order valence-corrected chi connectivity index (χ2v) is 5.25. The first-order valence-electron chi connectivity index (χ1n) is 5.67. The number of hydrogen-bond acceptors (Lipinski definition) is 5. The summed E-state index contributed by atoms with van der Waals surface area (Å²) in [6, 6.07) is 5.99. The van der Waals surface area contributed by atoms with Gasteiger partial charge in [-0.3, -0.25) is 14.8 Å². The Balaban J connectivity index is 1.87. The lowest BCUT2D eigenvalue weighted by Crippen LogP contribution is -2.12. The molecule has 0 aliphatic carbocycles. The Hall–Kier alpha value is -2.28. The fraction of sp³-hybridized carbons (Fsp3) is 0.167. The number of aryl methyl sites for hydroxylation is 2. The lowest BCUT2D eigenvalue weighted by atomic mass is 10.2. The average Bonchev–Trinajstić information content (AvgIpc) is 2.94. The molecule has 0 saturated heterocycles. The first-order chi connectivity index (χ1) is 9.11. The molecule has 0 saturated carbocycles. The third-order valence-corrected chi connectivity index (χ3v) is 3.53. The Labute approximate surface area is 113 Å². The zero-order chi connectivity index (χ0) is 13.4. The minimum absolute atomic E-state index is 0.276. The molecular weight excluding hydrogens is 262 g/mol. The molecule has 3 rings (SSSR count). The van der Waals surface area contributed by atoms with Gasteiger partial charge in [0.15, 0.2) is 10.8 Å². The number of thiazole rings is 1. The van der Waals surface area contributed by atoms with Gasteiger partial charge in [0.05, 0.1) is 16.4 Å². The summed E-state index contributed by atoms with van der Waals surface area (Å²) in [7, 11) is 1.71. The van der Waals surface area contributed by atoms with Crippen LogP contribution in [0.25, 0.3) is 10.2 Å². The van der Waals surface area contributed by atoms with Crippen molar-refractivity contribution >= 4 is 32.6 Å². The highest BCUT2D eigenvalue weighted by Gasteiger charge is 2.12. The van der Waals surface area contributed by atoms with Crippen LogP contribution in [0, 0.1) is 6.92 Å². The van der Waals surface area contributed by atoms with E-state index in [4.69, 9.17) is 0 Å². The SMILES string of the molecule is Cc1ccc2nc(NC(=O)c3cn(C)nn3)sc2c1. The minimum Gasteiger partial charge on any atom is -0.296 e. The first-order valence-corrected chi connectivity index (χ1v) is 6.48. The molecule has 0 bridgehead atoms. The predicted molar refractivity (Wildman–Crippen MR) is 73.3 cm³/mol. The fourth-order valence-corrected chi connectivity index (χ4v) is 2.66. The number of hydrogen-bond donors (Lipinski definition) is 1. The number of anilines is 1. The van der Waals surface area contributed by atoms with Gasteiger partial charge in [-0.15, -0.1) is 5.10 Å². The molecule has 2 aromatic heterocycles. The second-order valence-electron chi connectivity index (χ2n) is 4.22. The van der Waals surface area contributed by atoms with Crippen LogP contribution in [0.5, 0.6) is 0 Å². The highest BCUT2D eigenvalue weighted by atomic mass is 32.1. The van der Waals surface area contributed by atoms with E-state index in [9.17, 15) is 4.79 Å². The quantitative estimate of drug-likeness (QED) is 0.775. The molecule has 1 N–H and O–H groups in total. The van der Waals surface area contributed by atoms with Gasteiger partial charge in [-0.2, -0.15) is 0 Å². The van der Waals surface area contributed by atoms with Crippen LogP contribution < -0.4 is 5.32 Å². The monoisotopic (exact) mass is 273 g/mol. The Kier molecular flexibility index (Phi) is 2.75. The maximum absolute atomic E-state index is 11.9. The van der Waals surface area contributed by atoms with Crippen LogP contribution in [0.4, 0.5) is 5.13 Å². The standard InChI is InChI=1S/C12H11N5OS/c1-7-3-4-8-10(5-7)19-12(13-8)14-11(18)9-6-17(2)16-15-9/h3-6H,1-2H3,(H,13,14,18). The summed E-state index contributed by atoms with van der Waals surface area (Å²) < 4.78 is 2.53. The summed E-state index contributed by atoms with van der Waals surface area (Å²) in [6.07, 6.45) is 1.56. The van der Waals surface area contributed by atoms with Crippen molar-refractivity contribution in [2.24, 2.45) is 7.05 Å². The van der Waals surface area contributed by atoms with Gasteiger partial charge in [0.25, 0.3) is 5.91 Å². The summed E-state index contributed by atoms with van der Waals surface area (Å²) in [5.41, 5.74) is 2.32. The van der Waals surface area contributed by atoms with E-state index in [2.05, 4.69) is 20.6 Å². The van der Waals surface area contributed by atoms with Crippen molar-refractivity contribution in [3.05, 3.63) is 35.7 Å². The van der Waals surface area contributed by atoms with Crippen molar-refractivity contribution in [1.82, 2.24) is 20.0 Å². The third kappa shape index (κ3) is 2.32. The number of fused-ring (bicyclic) bond motifs is 1. The van der Waals surface area contributed by atoms with Gasteiger partial charge in [-0.05, 0) is 24.6 Å². The zero-order valence-electron chi connectivity index (χ0n) is 10.4. The van der Waals surface area contributed by atoms with E-state index in [1.807, 2.05) is 25.1 Å². The summed E-state index contributed by atoms with van der Waals surface area (Å²) >= 11 is 1.44. The number of carbonyl (C=O) groups excluding carboxylic acids is 1. The Morgan fingerprint density at radius 3 is 3.00 bits per heavy atom. The molecule has 6 nitrogen and oxygen atoms in total.